The van der Waals surface area contributed by atoms with Gasteiger partial charge in [-0.3, -0.25) is 0 Å². The van der Waals surface area contributed by atoms with Gasteiger partial charge in [-0.05, 0) is 58.7 Å². The lowest BCUT2D eigenvalue weighted by molar-refractivity contribution is 0.409. The number of benzene rings is 4. The minimum Gasteiger partial charge on any atom is -0.460 e. The molecule has 3 heteroatoms. The molecule has 0 radical (unpaired) electrons. The van der Waals surface area contributed by atoms with Crippen molar-refractivity contribution in [1.82, 2.24) is 9.97 Å². The van der Waals surface area contributed by atoms with E-state index < -0.39 is 0 Å². The zero-order valence-electron chi connectivity index (χ0n) is 17.1. The number of furan rings is 1. The smallest absolute Gasteiger partial charge is 0.138 e. The quantitative estimate of drug-likeness (QED) is 0.225. The summed E-state index contributed by atoms with van der Waals surface area (Å²) in [7, 11) is 0. The molecule has 0 aliphatic rings. The summed E-state index contributed by atoms with van der Waals surface area (Å²) in [5.41, 5.74) is 4.40. The third kappa shape index (κ3) is 2.30. The van der Waals surface area contributed by atoms with Crippen LogP contribution in [0.5, 0.6) is 0 Å². The molecular formula is C26H22N2O. The lowest BCUT2D eigenvalue weighted by Crippen LogP contribution is -2.09. The van der Waals surface area contributed by atoms with Gasteiger partial charge in [-0.15, -0.1) is 0 Å². The van der Waals surface area contributed by atoms with Crippen LogP contribution in [0, 0.1) is 12.3 Å². The molecule has 0 amide bonds. The normalized spacial score (nSPS) is 13.0. The molecule has 6 rings (SSSR count). The van der Waals surface area contributed by atoms with Crippen LogP contribution >= 0.6 is 0 Å². The SMILES string of the molecule is Cc1oc2c(CC(C)(C)C)cc3ncnc4c5cc6ccccc6cc5c1c2c34. The van der Waals surface area contributed by atoms with Crippen molar-refractivity contribution >= 4 is 54.3 Å². The van der Waals surface area contributed by atoms with E-state index in [4.69, 9.17) is 9.40 Å². The zero-order valence-corrected chi connectivity index (χ0v) is 17.1. The van der Waals surface area contributed by atoms with Crippen molar-refractivity contribution in [3.8, 4) is 0 Å². The Morgan fingerprint density at radius 1 is 0.862 bits per heavy atom. The molecule has 4 aromatic carbocycles. The first-order chi connectivity index (χ1) is 13.9. The molecule has 0 bridgehead atoms. The molecule has 2 heterocycles. The van der Waals surface area contributed by atoms with E-state index >= 15 is 0 Å². The number of fused-ring (bicyclic) bond motifs is 4. The highest BCUT2D eigenvalue weighted by molar-refractivity contribution is 6.33. The van der Waals surface area contributed by atoms with E-state index in [0.717, 1.165) is 39.6 Å². The summed E-state index contributed by atoms with van der Waals surface area (Å²) < 4.78 is 6.42. The van der Waals surface area contributed by atoms with Crippen LogP contribution in [-0.4, -0.2) is 9.97 Å². The second kappa shape index (κ2) is 5.44. The van der Waals surface area contributed by atoms with Crippen molar-refractivity contribution in [2.24, 2.45) is 5.41 Å². The highest BCUT2D eigenvalue weighted by Crippen LogP contribution is 2.45. The highest BCUT2D eigenvalue weighted by Gasteiger charge is 2.24. The summed E-state index contributed by atoms with van der Waals surface area (Å²) in [6.45, 7) is 8.87. The van der Waals surface area contributed by atoms with Crippen LogP contribution < -0.4 is 0 Å². The van der Waals surface area contributed by atoms with E-state index in [1.165, 1.54) is 32.5 Å². The van der Waals surface area contributed by atoms with Crippen molar-refractivity contribution in [2.75, 3.05) is 0 Å². The molecule has 0 atom stereocenters. The molecule has 3 nitrogen and oxygen atoms in total. The van der Waals surface area contributed by atoms with Crippen LogP contribution in [0.15, 0.2) is 53.2 Å². The van der Waals surface area contributed by atoms with E-state index in [-0.39, 0.29) is 5.41 Å². The molecule has 142 valence electrons. The van der Waals surface area contributed by atoms with E-state index in [9.17, 15) is 0 Å². The van der Waals surface area contributed by atoms with Crippen molar-refractivity contribution in [3.63, 3.8) is 0 Å². The second-order valence-corrected chi connectivity index (χ2v) is 9.37. The monoisotopic (exact) mass is 378 g/mol. The van der Waals surface area contributed by atoms with Crippen molar-refractivity contribution < 1.29 is 4.42 Å². The summed E-state index contributed by atoms with van der Waals surface area (Å²) in [4.78, 5) is 9.38. The third-order valence-electron chi connectivity index (χ3n) is 5.94. The predicted octanol–water partition coefficient (Wildman–Crippen LogP) is 7.17. The van der Waals surface area contributed by atoms with Crippen LogP contribution in [-0.2, 0) is 6.42 Å². The molecule has 0 saturated carbocycles. The minimum atomic E-state index is 0.162. The molecule has 0 N–H and O–H groups in total. The maximum atomic E-state index is 6.42. The third-order valence-corrected chi connectivity index (χ3v) is 5.94. The first-order valence-electron chi connectivity index (χ1n) is 10.1. The predicted molar refractivity (Wildman–Crippen MR) is 121 cm³/mol. The zero-order chi connectivity index (χ0) is 19.9. The van der Waals surface area contributed by atoms with Crippen molar-refractivity contribution in [3.05, 3.63) is 60.1 Å². The number of nitrogens with zero attached hydrogens (tertiary/aromatic N) is 2. The molecule has 6 aromatic rings. The lowest BCUT2D eigenvalue weighted by Gasteiger charge is -2.19. The fourth-order valence-corrected chi connectivity index (χ4v) is 4.87. The van der Waals surface area contributed by atoms with E-state index in [1.807, 2.05) is 0 Å². The molecule has 0 spiro atoms. The van der Waals surface area contributed by atoms with Gasteiger partial charge in [0.2, 0.25) is 0 Å². The summed E-state index contributed by atoms with van der Waals surface area (Å²) in [5.74, 6) is 0.966. The summed E-state index contributed by atoms with van der Waals surface area (Å²) >= 11 is 0. The van der Waals surface area contributed by atoms with Crippen molar-refractivity contribution in [1.29, 1.82) is 0 Å². The van der Waals surface area contributed by atoms with E-state index in [0.29, 0.717) is 0 Å². The van der Waals surface area contributed by atoms with Gasteiger partial charge in [0.05, 0.1) is 11.0 Å². The molecule has 0 unspecified atom stereocenters. The Morgan fingerprint density at radius 2 is 1.59 bits per heavy atom. The van der Waals surface area contributed by atoms with Crippen LogP contribution in [0.2, 0.25) is 0 Å². The van der Waals surface area contributed by atoms with Gasteiger partial charge in [-0.2, -0.15) is 0 Å². The number of aromatic nitrogens is 2. The fourth-order valence-electron chi connectivity index (χ4n) is 4.87. The first-order valence-corrected chi connectivity index (χ1v) is 10.1. The highest BCUT2D eigenvalue weighted by atomic mass is 16.3. The fraction of sp³-hybridized carbons (Fsp3) is 0.231. The van der Waals surface area contributed by atoms with E-state index in [2.05, 4.69) is 75.1 Å². The minimum absolute atomic E-state index is 0.162. The number of aryl methyl sites for hydroxylation is 1. The largest absolute Gasteiger partial charge is 0.460 e. The maximum Gasteiger partial charge on any atom is 0.138 e. The Hall–Kier alpha value is -3.20. The summed E-state index contributed by atoms with van der Waals surface area (Å²) in [6, 6.07) is 15.3. The Bertz CT molecular complexity index is 1570. The van der Waals surface area contributed by atoms with Gasteiger partial charge in [-0.25, -0.2) is 9.97 Å². The average Bonchev–Trinajstić information content (AvgIpc) is 3.03. The van der Waals surface area contributed by atoms with Gasteiger partial charge in [-0.1, -0.05) is 45.0 Å². The standard InChI is InChI=1S/C26H22N2O/c1-14-21-18-9-15-7-5-6-8-16(15)10-19(18)24-22-20(27-13-28-24)11-17(12-26(2,3)4)25(29-14)23(21)22/h5-11,13H,12H2,1-4H3. The summed E-state index contributed by atoms with van der Waals surface area (Å²) in [6.07, 6.45) is 2.64. The van der Waals surface area contributed by atoms with Crippen LogP contribution in [0.4, 0.5) is 0 Å². The average molecular weight is 378 g/mol. The van der Waals surface area contributed by atoms with Gasteiger partial charge in [0.25, 0.3) is 0 Å². The number of rotatable bonds is 1. The number of hydrogen-bond donors (Lipinski definition) is 0. The van der Waals surface area contributed by atoms with Crippen molar-refractivity contribution in [2.45, 2.75) is 34.1 Å². The van der Waals surface area contributed by atoms with E-state index in [1.54, 1.807) is 6.33 Å². The molecule has 0 aliphatic carbocycles. The van der Waals surface area contributed by atoms with Crippen LogP contribution in [0.3, 0.4) is 0 Å². The number of hydrogen-bond acceptors (Lipinski definition) is 3. The molecule has 29 heavy (non-hydrogen) atoms. The molecule has 2 aromatic heterocycles. The Labute approximate surface area is 168 Å². The Kier molecular flexibility index (Phi) is 3.14. The van der Waals surface area contributed by atoms with Crippen LogP contribution in [0.1, 0.15) is 32.1 Å². The van der Waals surface area contributed by atoms with Gasteiger partial charge >= 0.3 is 0 Å². The topological polar surface area (TPSA) is 38.9 Å². The summed E-state index contributed by atoms with van der Waals surface area (Å²) in [5, 5.41) is 8.33. The second-order valence-electron chi connectivity index (χ2n) is 9.37. The Balaban J connectivity index is 1.90. The van der Waals surface area contributed by atoms with Gasteiger partial charge in [0.1, 0.15) is 17.7 Å². The lowest BCUT2D eigenvalue weighted by atomic mass is 9.86. The maximum absolute atomic E-state index is 6.42. The van der Waals surface area contributed by atoms with Gasteiger partial charge in [0.15, 0.2) is 0 Å². The Morgan fingerprint density at radius 3 is 2.31 bits per heavy atom. The molecular weight excluding hydrogens is 356 g/mol. The molecule has 0 fully saturated rings. The molecule has 0 saturated heterocycles. The van der Waals surface area contributed by atoms with Gasteiger partial charge < -0.3 is 4.42 Å². The van der Waals surface area contributed by atoms with Crippen LogP contribution in [0.25, 0.3) is 54.3 Å². The first kappa shape index (κ1) is 16.7. The van der Waals surface area contributed by atoms with Gasteiger partial charge in [0, 0.05) is 21.5 Å². The molecule has 0 aliphatic heterocycles.